The second-order valence-electron chi connectivity index (χ2n) is 4.51. The van der Waals surface area contributed by atoms with Crippen molar-refractivity contribution in [3.05, 3.63) is 29.8 Å². The molecule has 2 atom stereocenters. The van der Waals surface area contributed by atoms with Gasteiger partial charge in [0.05, 0.1) is 5.37 Å². The Morgan fingerprint density at radius 2 is 2.35 bits per heavy atom. The molecular weight excluding hydrogens is 283 g/mol. The van der Waals surface area contributed by atoms with E-state index in [0.717, 1.165) is 12.5 Å². The molecule has 1 aromatic heterocycles. The van der Waals surface area contributed by atoms with Crippen LogP contribution in [0.1, 0.15) is 30.1 Å². The Labute approximate surface area is 120 Å². The normalized spacial score (nSPS) is 22.0. The van der Waals surface area contributed by atoms with E-state index in [-0.39, 0.29) is 10.9 Å². The van der Waals surface area contributed by atoms with Crippen molar-refractivity contribution in [3.8, 4) is 0 Å². The lowest BCUT2D eigenvalue weighted by atomic mass is 10.1. The molecule has 1 N–H and O–H groups in total. The Kier molecular flexibility index (Phi) is 4.59. The van der Waals surface area contributed by atoms with Crippen LogP contribution < -0.4 is 0 Å². The van der Waals surface area contributed by atoms with Crippen LogP contribution in [0.25, 0.3) is 0 Å². The maximum atomic E-state index is 13.1. The van der Waals surface area contributed by atoms with Gasteiger partial charge in [-0.3, -0.25) is 4.79 Å². The van der Waals surface area contributed by atoms with Gasteiger partial charge >= 0.3 is 5.97 Å². The average molecular weight is 298 g/mol. The lowest BCUT2D eigenvalue weighted by Gasteiger charge is -2.27. The van der Waals surface area contributed by atoms with E-state index in [1.165, 1.54) is 28.9 Å². The number of rotatable bonds is 4. The molecule has 1 amide bonds. The number of nitrogens with zero attached hydrogens (tertiary/aromatic N) is 2. The maximum absolute atomic E-state index is 13.1. The van der Waals surface area contributed by atoms with Gasteiger partial charge in [-0.05, 0) is 12.5 Å². The quantitative estimate of drug-likeness (QED) is 0.861. The first-order valence-corrected chi connectivity index (χ1v) is 7.38. The number of hydrogen-bond donors (Lipinski definition) is 1. The number of halogens is 1. The van der Waals surface area contributed by atoms with Crippen LogP contribution in [-0.4, -0.2) is 44.0 Å². The molecule has 2 unspecified atom stereocenters. The summed E-state index contributed by atoms with van der Waals surface area (Å²) >= 11 is 1.45. The van der Waals surface area contributed by atoms with E-state index in [1.807, 2.05) is 6.92 Å². The van der Waals surface area contributed by atoms with E-state index in [2.05, 4.69) is 4.98 Å². The molecule has 0 aromatic carbocycles. The van der Waals surface area contributed by atoms with E-state index in [1.54, 1.807) is 0 Å². The Bertz CT molecular complexity index is 526. The van der Waals surface area contributed by atoms with Crippen LogP contribution in [0.5, 0.6) is 0 Å². The van der Waals surface area contributed by atoms with Gasteiger partial charge in [-0.15, -0.1) is 11.8 Å². The first-order valence-electron chi connectivity index (χ1n) is 6.33. The molecule has 0 spiro atoms. The van der Waals surface area contributed by atoms with Crippen molar-refractivity contribution in [2.45, 2.75) is 31.2 Å². The second-order valence-corrected chi connectivity index (χ2v) is 5.72. The highest BCUT2D eigenvalue weighted by Crippen LogP contribution is 2.33. The lowest BCUT2D eigenvalue weighted by molar-refractivity contribution is -0.141. The number of aliphatic carboxylic acids is 1. The number of amides is 1. The van der Waals surface area contributed by atoms with Crippen LogP contribution in [0, 0.1) is 5.95 Å². The summed E-state index contributed by atoms with van der Waals surface area (Å²) in [6, 6.07) is 1.57. The third-order valence-electron chi connectivity index (χ3n) is 3.12. The summed E-state index contributed by atoms with van der Waals surface area (Å²) in [7, 11) is 0. The van der Waals surface area contributed by atoms with Crippen molar-refractivity contribution >= 4 is 23.6 Å². The van der Waals surface area contributed by atoms with Crippen molar-refractivity contribution < 1.29 is 19.1 Å². The lowest BCUT2D eigenvalue weighted by Crippen LogP contribution is -2.45. The molecule has 2 heterocycles. The van der Waals surface area contributed by atoms with Gasteiger partial charge in [-0.1, -0.05) is 13.3 Å². The van der Waals surface area contributed by atoms with E-state index in [4.69, 9.17) is 0 Å². The monoisotopic (exact) mass is 298 g/mol. The van der Waals surface area contributed by atoms with Crippen molar-refractivity contribution in [1.29, 1.82) is 0 Å². The van der Waals surface area contributed by atoms with Crippen LogP contribution in [0.3, 0.4) is 0 Å². The van der Waals surface area contributed by atoms with Crippen LogP contribution in [-0.2, 0) is 4.79 Å². The zero-order chi connectivity index (χ0) is 14.7. The standard InChI is InChI=1S/C13H15FN2O3S/c1-2-3-11-16(9(7-20-11)13(18)19)12(17)8-4-5-15-10(14)6-8/h4-6,9,11H,2-3,7H2,1H3,(H,18,19). The minimum atomic E-state index is -1.03. The van der Waals surface area contributed by atoms with Gasteiger partial charge < -0.3 is 10.0 Å². The fraction of sp³-hybridized carbons (Fsp3) is 0.462. The van der Waals surface area contributed by atoms with Crippen molar-refractivity contribution in [1.82, 2.24) is 9.88 Å². The molecule has 2 rings (SSSR count). The third kappa shape index (κ3) is 2.92. The van der Waals surface area contributed by atoms with Crippen LogP contribution in [0.15, 0.2) is 18.3 Å². The Balaban J connectivity index is 2.29. The molecule has 1 aliphatic heterocycles. The highest BCUT2D eigenvalue weighted by Gasteiger charge is 2.41. The number of thioether (sulfide) groups is 1. The summed E-state index contributed by atoms with van der Waals surface area (Å²) in [6.07, 6.45) is 2.77. The number of pyridine rings is 1. The van der Waals surface area contributed by atoms with E-state index in [9.17, 15) is 19.1 Å². The SMILES string of the molecule is CCCC1SCC(C(=O)O)N1C(=O)c1ccnc(F)c1. The molecule has 108 valence electrons. The Hall–Kier alpha value is -1.63. The molecule has 0 saturated carbocycles. The van der Waals surface area contributed by atoms with Crippen molar-refractivity contribution in [2.24, 2.45) is 0 Å². The number of carbonyl (C=O) groups is 2. The number of carboxylic acid groups (broad SMARTS) is 1. The minimum absolute atomic E-state index is 0.132. The molecular formula is C13H15FN2O3S. The zero-order valence-electron chi connectivity index (χ0n) is 11.0. The predicted molar refractivity (Wildman–Crippen MR) is 72.9 cm³/mol. The number of aromatic nitrogens is 1. The fourth-order valence-electron chi connectivity index (χ4n) is 2.18. The second kappa shape index (κ2) is 6.21. The van der Waals surface area contributed by atoms with Crippen LogP contribution in [0.2, 0.25) is 0 Å². The minimum Gasteiger partial charge on any atom is -0.480 e. The summed E-state index contributed by atoms with van der Waals surface area (Å²) in [5.41, 5.74) is 0.132. The van der Waals surface area contributed by atoms with Gasteiger partial charge in [0.15, 0.2) is 0 Å². The van der Waals surface area contributed by atoms with Gasteiger partial charge in [0.25, 0.3) is 5.91 Å². The number of carbonyl (C=O) groups excluding carboxylic acids is 1. The molecule has 0 radical (unpaired) electrons. The molecule has 1 aliphatic rings. The number of carboxylic acids is 1. The molecule has 1 saturated heterocycles. The van der Waals surface area contributed by atoms with Crippen LogP contribution in [0.4, 0.5) is 4.39 Å². The summed E-state index contributed by atoms with van der Waals surface area (Å²) < 4.78 is 13.1. The zero-order valence-corrected chi connectivity index (χ0v) is 11.8. The Morgan fingerprint density at radius 1 is 1.60 bits per heavy atom. The molecule has 5 nitrogen and oxygen atoms in total. The average Bonchev–Trinajstić information content (AvgIpc) is 2.82. The highest BCUT2D eigenvalue weighted by molar-refractivity contribution is 8.00. The van der Waals surface area contributed by atoms with Crippen molar-refractivity contribution in [2.75, 3.05) is 5.75 Å². The van der Waals surface area contributed by atoms with Gasteiger partial charge in [0.2, 0.25) is 5.95 Å². The van der Waals surface area contributed by atoms with E-state index >= 15 is 0 Å². The summed E-state index contributed by atoms with van der Waals surface area (Å²) in [5.74, 6) is -1.87. The van der Waals surface area contributed by atoms with Crippen molar-refractivity contribution in [3.63, 3.8) is 0 Å². The predicted octanol–water partition coefficient (Wildman–Crippen LogP) is 1.99. The highest BCUT2D eigenvalue weighted by atomic mass is 32.2. The first-order chi connectivity index (χ1) is 9.54. The van der Waals surface area contributed by atoms with Gasteiger partial charge in [-0.25, -0.2) is 9.78 Å². The molecule has 1 fully saturated rings. The largest absolute Gasteiger partial charge is 0.480 e. The first kappa shape index (κ1) is 14.8. The molecule has 20 heavy (non-hydrogen) atoms. The molecule has 0 bridgehead atoms. The fourth-order valence-corrected chi connectivity index (χ4v) is 3.69. The van der Waals surface area contributed by atoms with Gasteiger partial charge in [-0.2, -0.15) is 4.39 Å². The van der Waals surface area contributed by atoms with Gasteiger partial charge in [0.1, 0.15) is 6.04 Å². The maximum Gasteiger partial charge on any atom is 0.327 e. The summed E-state index contributed by atoms with van der Waals surface area (Å²) in [5, 5.41) is 9.05. The number of hydrogen-bond acceptors (Lipinski definition) is 4. The smallest absolute Gasteiger partial charge is 0.327 e. The Morgan fingerprint density at radius 3 is 2.95 bits per heavy atom. The summed E-state index contributed by atoms with van der Waals surface area (Å²) in [6.45, 7) is 1.98. The molecule has 7 heteroatoms. The van der Waals surface area contributed by atoms with Crippen LogP contribution >= 0.6 is 11.8 Å². The third-order valence-corrected chi connectivity index (χ3v) is 4.48. The molecule has 0 aliphatic carbocycles. The van der Waals surface area contributed by atoms with E-state index in [0.29, 0.717) is 12.2 Å². The van der Waals surface area contributed by atoms with Gasteiger partial charge in [0, 0.05) is 23.6 Å². The van der Waals surface area contributed by atoms with E-state index < -0.39 is 23.9 Å². The summed E-state index contributed by atoms with van der Waals surface area (Å²) in [4.78, 5) is 28.5. The molecule has 1 aromatic rings. The topological polar surface area (TPSA) is 70.5 Å².